The summed E-state index contributed by atoms with van der Waals surface area (Å²) in [5, 5.41) is 7.39. The van der Waals surface area contributed by atoms with E-state index < -0.39 is 5.82 Å². The smallest absolute Gasteiger partial charge is 0.273 e. The Morgan fingerprint density at radius 1 is 1.30 bits per heavy atom. The Labute approximate surface area is 177 Å². The minimum atomic E-state index is -0.536. The summed E-state index contributed by atoms with van der Waals surface area (Å²) in [5.74, 6) is -0.710. The maximum atomic E-state index is 14.0. The molecule has 3 aromatic rings. The van der Waals surface area contributed by atoms with Gasteiger partial charge in [0.2, 0.25) is 5.91 Å². The van der Waals surface area contributed by atoms with Crippen molar-refractivity contribution in [1.82, 2.24) is 25.0 Å². The molecular formula is C21H21ClFN5O2. The summed E-state index contributed by atoms with van der Waals surface area (Å²) in [5.41, 5.74) is 2.75. The van der Waals surface area contributed by atoms with E-state index in [1.165, 1.54) is 17.0 Å². The van der Waals surface area contributed by atoms with Gasteiger partial charge < -0.3 is 10.2 Å². The fourth-order valence-corrected chi connectivity index (χ4v) is 3.61. The van der Waals surface area contributed by atoms with Gasteiger partial charge in [0.25, 0.3) is 5.91 Å². The van der Waals surface area contributed by atoms with Crippen LogP contribution in [-0.4, -0.2) is 51.1 Å². The first kappa shape index (κ1) is 20.3. The molecule has 0 atom stereocenters. The largest absolute Gasteiger partial charge is 0.353 e. The van der Waals surface area contributed by atoms with Crippen molar-refractivity contribution in [1.29, 1.82) is 0 Å². The molecule has 0 saturated carbocycles. The SMILES string of the molecule is CC(C)Cc1nn(-c2ccc(Cl)c(F)c2)c2ccc(C(=O)N3CCNC(=O)C3)nc12. The summed E-state index contributed by atoms with van der Waals surface area (Å²) < 4.78 is 15.6. The molecule has 0 aliphatic carbocycles. The molecule has 0 bridgehead atoms. The highest BCUT2D eigenvalue weighted by Crippen LogP contribution is 2.25. The van der Waals surface area contributed by atoms with Gasteiger partial charge in [0, 0.05) is 19.2 Å². The van der Waals surface area contributed by atoms with Crippen molar-refractivity contribution in [3.63, 3.8) is 0 Å². The zero-order valence-corrected chi connectivity index (χ0v) is 17.4. The summed E-state index contributed by atoms with van der Waals surface area (Å²) in [6, 6.07) is 7.85. The van der Waals surface area contributed by atoms with E-state index in [1.54, 1.807) is 22.9 Å². The van der Waals surface area contributed by atoms with Gasteiger partial charge in [-0.1, -0.05) is 25.4 Å². The van der Waals surface area contributed by atoms with E-state index in [0.29, 0.717) is 42.1 Å². The molecule has 1 fully saturated rings. The number of benzene rings is 1. The van der Waals surface area contributed by atoms with Crippen LogP contribution >= 0.6 is 11.6 Å². The van der Waals surface area contributed by atoms with Crippen LogP contribution < -0.4 is 5.32 Å². The molecule has 2 amide bonds. The molecule has 0 spiro atoms. The third kappa shape index (κ3) is 3.87. The van der Waals surface area contributed by atoms with Crippen LogP contribution in [0.4, 0.5) is 4.39 Å². The highest BCUT2D eigenvalue weighted by atomic mass is 35.5. The summed E-state index contributed by atoms with van der Waals surface area (Å²) in [6.07, 6.45) is 0.649. The molecule has 1 N–H and O–H groups in total. The lowest BCUT2D eigenvalue weighted by Gasteiger charge is -2.26. The highest BCUT2D eigenvalue weighted by Gasteiger charge is 2.24. The Balaban J connectivity index is 1.79. The number of carbonyl (C=O) groups excluding carboxylic acids is 2. The summed E-state index contributed by atoms with van der Waals surface area (Å²) in [7, 11) is 0. The summed E-state index contributed by atoms with van der Waals surface area (Å²) in [6.45, 7) is 5.00. The molecule has 156 valence electrons. The molecule has 3 heterocycles. The van der Waals surface area contributed by atoms with E-state index >= 15 is 0 Å². The number of fused-ring (bicyclic) bond motifs is 1. The lowest BCUT2D eigenvalue weighted by molar-refractivity contribution is -0.123. The van der Waals surface area contributed by atoms with Crippen molar-refractivity contribution in [2.45, 2.75) is 20.3 Å². The number of hydrogen-bond donors (Lipinski definition) is 1. The lowest BCUT2D eigenvalue weighted by atomic mass is 10.1. The van der Waals surface area contributed by atoms with E-state index in [4.69, 9.17) is 11.6 Å². The molecule has 9 heteroatoms. The van der Waals surface area contributed by atoms with Crippen molar-refractivity contribution in [2.75, 3.05) is 19.6 Å². The molecule has 0 unspecified atom stereocenters. The zero-order chi connectivity index (χ0) is 21.4. The van der Waals surface area contributed by atoms with Crippen LogP contribution in [0.15, 0.2) is 30.3 Å². The monoisotopic (exact) mass is 429 g/mol. The van der Waals surface area contributed by atoms with Crippen LogP contribution in [0, 0.1) is 11.7 Å². The first-order chi connectivity index (χ1) is 14.3. The van der Waals surface area contributed by atoms with Crippen LogP contribution in [0.25, 0.3) is 16.7 Å². The van der Waals surface area contributed by atoms with E-state index in [9.17, 15) is 14.0 Å². The Hall–Kier alpha value is -3.00. The van der Waals surface area contributed by atoms with E-state index in [2.05, 4.69) is 29.2 Å². The van der Waals surface area contributed by atoms with Crippen LogP contribution in [-0.2, 0) is 11.2 Å². The van der Waals surface area contributed by atoms with Gasteiger partial charge in [0.15, 0.2) is 0 Å². The number of aromatic nitrogens is 3. The van der Waals surface area contributed by atoms with Crippen molar-refractivity contribution >= 4 is 34.4 Å². The van der Waals surface area contributed by atoms with E-state index in [0.717, 1.165) is 5.69 Å². The predicted octanol–water partition coefficient (Wildman–Crippen LogP) is 2.98. The second-order valence-electron chi connectivity index (χ2n) is 7.70. The Morgan fingerprint density at radius 2 is 2.10 bits per heavy atom. The second-order valence-corrected chi connectivity index (χ2v) is 8.10. The predicted molar refractivity (Wildman–Crippen MR) is 111 cm³/mol. The average molecular weight is 430 g/mol. The fourth-order valence-electron chi connectivity index (χ4n) is 3.49. The number of pyridine rings is 1. The standard InChI is InChI=1S/C21H21ClFN5O2/c1-12(2)9-17-20-18(28(26-17)13-3-4-14(22)15(23)10-13)6-5-16(25-20)21(30)27-8-7-24-19(29)11-27/h3-6,10,12H,7-9,11H2,1-2H3,(H,24,29). The Bertz CT molecular complexity index is 1140. The molecule has 2 aromatic heterocycles. The Morgan fingerprint density at radius 3 is 2.80 bits per heavy atom. The van der Waals surface area contributed by atoms with Crippen molar-refractivity contribution in [2.24, 2.45) is 5.92 Å². The lowest BCUT2D eigenvalue weighted by Crippen LogP contribution is -2.50. The Kier molecular flexibility index (Phi) is 5.42. The number of nitrogens with zero attached hydrogens (tertiary/aromatic N) is 4. The number of amides is 2. The summed E-state index contributed by atoms with van der Waals surface area (Å²) >= 11 is 5.81. The van der Waals surface area contributed by atoms with Gasteiger partial charge in [-0.25, -0.2) is 14.1 Å². The molecule has 1 aliphatic rings. The molecule has 0 radical (unpaired) electrons. The van der Waals surface area contributed by atoms with Crippen LogP contribution in [0.5, 0.6) is 0 Å². The van der Waals surface area contributed by atoms with Gasteiger partial charge in [0.1, 0.15) is 17.0 Å². The molecule has 7 nitrogen and oxygen atoms in total. The number of piperazine rings is 1. The number of rotatable bonds is 4. The van der Waals surface area contributed by atoms with Crippen molar-refractivity contribution < 1.29 is 14.0 Å². The van der Waals surface area contributed by atoms with Gasteiger partial charge in [-0.15, -0.1) is 0 Å². The van der Waals surface area contributed by atoms with Gasteiger partial charge >= 0.3 is 0 Å². The number of nitrogens with one attached hydrogen (secondary N) is 1. The third-order valence-corrected chi connectivity index (χ3v) is 5.20. The van der Waals surface area contributed by atoms with Crippen molar-refractivity contribution in [3.05, 3.63) is 52.6 Å². The molecule has 4 rings (SSSR count). The number of halogens is 2. The van der Waals surface area contributed by atoms with Crippen molar-refractivity contribution in [3.8, 4) is 5.69 Å². The number of hydrogen-bond acceptors (Lipinski definition) is 4. The topological polar surface area (TPSA) is 80.1 Å². The van der Waals surface area contributed by atoms with E-state index in [1.807, 2.05) is 0 Å². The van der Waals surface area contributed by atoms with Gasteiger partial charge in [-0.2, -0.15) is 5.10 Å². The maximum absolute atomic E-state index is 14.0. The normalized spacial score (nSPS) is 14.4. The molecule has 1 saturated heterocycles. The molecular weight excluding hydrogens is 409 g/mol. The first-order valence-corrected chi connectivity index (χ1v) is 10.1. The third-order valence-electron chi connectivity index (χ3n) is 4.89. The van der Waals surface area contributed by atoms with Crippen LogP contribution in [0.3, 0.4) is 0 Å². The quantitative estimate of drug-likeness (QED) is 0.691. The van der Waals surface area contributed by atoms with Crippen LogP contribution in [0.2, 0.25) is 5.02 Å². The van der Waals surface area contributed by atoms with E-state index in [-0.39, 0.29) is 29.1 Å². The first-order valence-electron chi connectivity index (χ1n) is 9.73. The van der Waals surface area contributed by atoms with Gasteiger partial charge in [0.05, 0.1) is 28.5 Å². The second kappa shape index (κ2) is 8.02. The summed E-state index contributed by atoms with van der Waals surface area (Å²) in [4.78, 5) is 30.6. The zero-order valence-electron chi connectivity index (χ0n) is 16.7. The maximum Gasteiger partial charge on any atom is 0.273 e. The highest BCUT2D eigenvalue weighted by molar-refractivity contribution is 6.30. The van der Waals surface area contributed by atoms with Gasteiger partial charge in [-0.05, 0) is 36.6 Å². The minimum absolute atomic E-state index is 0.0146. The van der Waals surface area contributed by atoms with Crippen LogP contribution in [0.1, 0.15) is 30.0 Å². The number of carbonyl (C=O) groups is 2. The average Bonchev–Trinajstić information content (AvgIpc) is 3.06. The van der Waals surface area contributed by atoms with Gasteiger partial charge in [-0.3, -0.25) is 9.59 Å². The molecule has 1 aromatic carbocycles. The minimum Gasteiger partial charge on any atom is -0.353 e. The molecule has 1 aliphatic heterocycles. The fraction of sp³-hybridized carbons (Fsp3) is 0.333. The molecule has 30 heavy (non-hydrogen) atoms.